The third-order valence-electron chi connectivity index (χ3n) is 6.00. The summed E-state index contributed by atoms with van der Waals surface area (Å²) in [7, 11) is 0. The van der Waals surface area contributed by atoms with Crippen molar-refractivity contribution in [3.05, 3.63) is 24.4 Å². The first-order chi connectivity index (χ1) is 11.3. The maximum atomic E-state index is 13.3. The number of hydrogen-bond donors (Lipinski definition) is 1. The Morgan fingerprint density at radius 2 is 1.96 bits per heavy atom. The van der Waals surface area contributed by atoms with E-state index in [2.05, 4.69) is 20.1 Å². The van der Waals surface area contributed by atoms with Gasteiger partial charge in [0.05, 0.1) is 5.41 Å². The van der Waals surface area contributed by atoms with E-state index in [1.807, 2.05) is 24.4 Å². The molecule has 1 saturated carbocycles. The highest BCUT2D eigenvalue weighted by Gasteiger charge is 2.51. The quantitative estimate of drug-likeness (QED) is 0.847. The predicted octanol–water partition coefficient (Wildman–Crippen LogP) is 2.35. The fourth-order valence-corrected chi connectivity index (χ4v) is 4.66. The van der Waals surface area contributed by atoms with Gasteiger partial charge in [0.25, 0.3) is 0 Å². The minimum atomic E-state index is -0.106. The van der Waals surface area contributed by atoms with Crippen molar-refractivity contribution in [2.75, 3.05) is 44.2 Å². The molecule has 140 valence electrons. The second-order valence-corrected chi connectivity index (χ2v) is 7.20. The van der Waals surface area contributed by atoms with Crippen molar-refractivity contribution >= 4 is 36.5 Å². The van der Waals surface area contributed by atoms with Crippen molar-refractivity contribution < 1.29 is 4.79 Å². The SMILES string of the molecule is Cl.Cl.O=C(N1CCN(c2ccccn2)CC1)[C@@]12CCCC[C@H]1CNC2. The first-order valence-electron chi connectivity index (χ1n) is 8.96. The molecule has 2 atom stereocenters. The molecule has 5 nitrogen and oxygen atoms in total. The van der Waals surface area contributed by atoms with Gasteiger partial charge >= 0.3 is 0 Å². The van der Waals surface area contributed by atoms with Gasteiger partial charge in [-0.2, -0.15) is 0 Å². The van der Waals surface area contributed by atoms with Crippen molar-refractivity contribution in [1.29, 1.82) is 0 Å². The van der Waals surface area contributed by atoms with Crippen LogP contribution in [0.4, 0.5) is 5.82 Å². The maximum absolute atomic E-state index is 13.3. The van der Waals surface area contributed by atoms with Crippen molar-refractivity contribution in [3.63, 3.8) is 0 Å². The van der Waals surface area contributed by atoms with Crippen LogP contribution in [0.5, 0.6) is 0 Å². The number of hydrogen-bond acceptors (Lipinski definition) is 4. The van der Waals surface area contributed by atoms with Gasteiger partial charge in [0.15, 0.2) is 0 Å². The average Bonchev–Trinajstić information content (AvgIpc) is 3.07. The molecule has 3 aliphatic rings. The molecule has 0 aromatic carbocycles. The van der Waals surface area contributed by atoms with Crippen molar-refractivity contribution in [2.24, 2.45) is 11.3 Å². The van der Waals surface area contributed by atoms with E-state index >= 15 is 0 Å². The number of nitrogens with zero attached hydrogens (tertiary/aromatic N) is 3. The van der Waals surface area contributed by atoms with Gasteiger partial charge in [-0.1, -0.05) is 18.9 Å². The Morgan fingerprint density at radius 1 is 1.16 bits per heavy atom. The third-order valence-corrected chi connectivity index (χ3v) is 6.00. The van der Waals surface area contributed by atoms with Gasteiger partial charge in [-0.25, -0.2) is 4.98 Å². The molecule has 1 N–H and O–H groups in total. The largest absolute Gasteiger partial charge is 0.353 e. The molecule has 1 amide bonds. The minimum absolute atomic E-state index is 0. The molecule has 3 fully saturated rings. The molecule has 3 heterocycles. The summed E-state index contributed by atoms with van der Waals surface area (Å²) < 4.78 is 0. The number of halogens is 2. The van der Waals surface area contributed by atoms with Gasteiger partial charge in [-0.3, -0.25) is 4.79 Å². The molecule has 0 unspecified atom stereocenters. The smallest absolute Gasteiger partial charge is 0.230 e. The molecule has 2 aliphatic heterocycles. The Kier molecular flexibility index (Phi) is 6.94. The zero-order valence-electron chi connectivity index (χ0n) is 14.5. The summed E-state index contributed by atoms with van der Waals surface area (Å²) in [4.78, 5) is 22.1. The van der Waals surface area contributed by atoms with E-state index in [1.54, 1.807) is 0 Å². The predicted molar refractivity (Wildman–Crippen MR) is 105 cm³/mol. The molecule has 2 saturated heterocycles. The van der Waals surface area contributed by atoms with Crippen LogP contribution < -0.4 is 10.2 Å². The topological polar surface area (TPSA) is 48.5 Å². The fraction of sp³-hybridized carbons (Fsp3) is 0.667. The van der Waals surface area contributed by atoms with E-state index in [0.717, 1.165) is 51.5 Å². The first-order valence-corrected chi connectivity index (χ1v) is 8.96. The zero-order chi connectivity index (χ0) is 15.7. The van der Waals surface area contributed by atoms with Crippen molar-refractivity contribution in [2.45, 2.75) is 25.7 Å². The number of piperazine rings is 1. The fourth-order valence-electron chi connectivity index (χ4n) is 4.66. The van der Waals surface area contributed by atoms with E-state index in [1.165, 1.54) is 19.3 Å². The number of amides is 1. The van der Waals surface area contributed by atoms with Crippen LogP contribution >= 0.6 is 24.8 Å². The summed E-state index contributed by atoms with van der Waals surface area (Å²) in [6.45, 7) is 5.33. The van der Waals surface area contributed by atoms with Crippen molar-refractivity contribution in [1.82, 2.24) is 15.2 Å². The molecule has 0 bridgehead atoms. The number of carbonyl (C=O) groups excluding carboxylic acids is 1. The summed E-state index contributed by atoms with van der Waals surface area (Å²) in [6.07, 6.45) is 6.62. The summed E-state index contributed by atoms with van der Waals surface area (Å²) in [5.74, 6) is 1.99. The molecule has 0 spiro atoms. The molecule has 7 heteroatoms. The first kappa shape index (κ1) is 20.3. The van der Waals surface area contributed by atoms with Crippen LogP contribution in [0.2, 0.25) is 0 Å². The molecule has 1 aromatic rings. The van der Waals surface area contributed by atoms with Gasteiger partial charge in [0.2, 0.25) is 5.91 Å². The zero-order valence-corrected chi connectivity index (χ0v) is 16.2. The summed E-state index contributed by atoms with van der Waals surface area (Å²) in [6, 6.07) is 6.02. The number of anilines is 1. The summed E-state index contributed by atoms with van der Waals surface area (Å²) in [5, 5.41) is 3.49. The van der Waals surface area contributed by atoms with Crippen LogP contribution in [0, 0.1) is 11.3 Å². The Hall–Kier alpha value is -1.04. The second kappa shape index (κ2) is 8.56. The number of carbonyl (C=O) groups is 1. The molecule has 1 aliphatic carbocycles. The van der Waals surface area contributed by atoms with E-state index in [4.69, 9.17) is 0 Å². The van der Waals surface area contributed by atoms with E-state index in [9.17, 15) is 4.79 Å². The highest BCUT2D eigenvalue weighted by molar-refractivity contribution is 5.85. The second-order valence-electron chi connectivity index (χ2n) is 7.20. The van der Waals surface area contributed by atoms with Gasteiger partial charge < -0.3 is 15.1 Å². The molecule has 4 rings (SSSR count). The highest BCUT2D eigenvalue weighted by Crippen LogP contribution is 2.45. The number of aromatic nitrogens is 1. The third kappa shape index (κ3) is 3.74. The molecular weight excluding hydrogens is 359 g/mol. The van der Waals surface area contributed by atoms with Crippen LogP contribution in [-0.2, 0) is 4.79 Å². The van der Waals surface area contributed by atoms with E-state index < -0.39 is 0 Å². The monoisotopic (exact) mass is 386 g/mol. The lowest BCUT2D eigenvalue weighted by molar-refractivity contribution is -0.145. The van der Waals surface area contributed by atoms with E-state index in [-0.39, 0.29) is 30.2 Å². The van der Waals surface area contributed by atoms with Gasteiger partial charge in [0.1, 0.15) is 5.82 Å². The van der Waals surface area contributed by atoms with E-state index in [0.29, 0.717) is 11.8 Å². The van der Waals surface area contributed by atoms with Gasteiger partial charge in [-0.15, -0.1) is 24.8 Å². The average molecular weight is 387 g/mol. The number of nitrogens with one attached hydrogen (secondary N) is 1. The van der Waals surface area contributed by atoms with Crippen LogP contribution in [0.25, 0.3) is 0 Å². The Balaban J connectivity index is 0.00000113. The highest BCUT2D eigenvalue weighted by atomic mass is 35.5. The molecule has 1 aromatic heterocycles. The van der Waals surface area contributed by atoms with Crippen LogP contribution in [-0.4, -0.2) is 55.1 Å². The normalized spacial score (nSPS) is 28.6. The number of fused-ring (bicyclic) bond motifs is 1. The van der Waals surface area contributed by atoms with Gasteiger partial charge in [-0.05, 0) is 37.4 Å². The summed E-state index contributed by atoms with van der Waals surface area (Å²) >= 11 is 0. The molecule has 0 radical (unpaired) electrons. The Labute approximate surface area is 162 Å². The molecule has 25 heavy (non-hydrogen) atoms. The lowest BCUT2D eigenvalue weighted by atomic mass is 9.67. The van der Waals surface area contributed by atoms with Crippen molar-refractivity contribution in [3.8, 4) is 0 Å². The summed E-state index contributed by atoms with van der Waals surface area (Å²) in [5.41, 5.74) is -0.106. The lowest BCUT2D eigenvalue weighted by Gasteiger charge is -2.43. The lowest BCUT2D eigenvalue weighted by Crippen LogP contribution is -2.56. The minimum Gasteiger partial charge on any atom is -0.353 e. The Bertz CT molecular complexity index is 565. The van der Waals surface area contributed by atoms with Crippen LogP contribution in [0.1, 0.15) is 25.7 Å². The molecular formula is C18H28Cl2N4O. The Morgan fingerprint density at radius 3 is 2.68 bits per heavy atom. The van der Waals surface area contributed by atoms with Crippen LogP contribution in [0.15, 0.2) is 24.4 Å². The van der Waals surface area contributed by atoms with Crippen LogP contribution in [0.3, 0.4) is 0 Å². The van der Waals surface area contributed by atoms with Gasteiger partial charge in [0, 0.05) is 38.9 Å². The number of rotatable bonds is 2. The maximum Gasteiger partial charge on any atom is 0.230 e. The number of pyridine rings is 1. The standard InChI is InChI=1S/C18H26N4O.2ClH/c23-17(18-7-3-1-5-15(18)13-19-14-18)22-11-9-21(10-12-22)16-6-2-4-8-20-16;;/h2,4,6,8,15,19H,1,3,5,7,9-14H2;2*1H/t15-,18+;;/m0../s1.